The molecule has 1 atom stereocenters. The van der Waals surface area contributed by atoms with Crippen LogP contribution >= 0.6 is 27.5 Å². The van der Waals surface area contributed by atoms with Crippen LogP contribution in [0.4, 0.5) is 5.69 Å². The molecule has 8 nitrogen and oxygen atoms in total. The van der Waals surface area contributed by atoms with Gasteiger partial charge in [0.25, 0.3) is 10.0 Å². The maximum Gasteiger partial charge on any atom is 0.264 e. The Hall–Kier alpha value is -3.86. The van der Waals surface area contributed by atoms with Gasteiger partial charge in [0, 0.05) is 23.5 Å². The molecule has 0 saturated carbocycles. The lowest BCUT2D eigenvalue weighted by Crippen LogP contribution is -2.56. The van der Waals surface area contributed by atoms with Gasteiger partial charge < -0.3 is 15.0 Å². The lowest BCUT2D eigenvalue weighted by molar-refractivity contribution is -0.140. The SMILES string of the molecule is COc1ccc(S(=O)(=O)N(CC(=O)N(Cc2ccccc2Cl)[C@@H](Cc2ccccc2)C(=O)NC(C)(C)C)c2ccc(C)cc2)cc1Br. The first kappa shape index (κ1) is 36.0. The van der Waals surface area contributed by atoms with E-state index < -0.39 is 34.1 Å². The zero-order chi connectivity index (χ0) is 34.4. The molecular weight excluding hydrogens is 702 g/mol. The second-order valence-corrected chi connectivity index (χ2v) is 15.3. The molecule has 11 heteroatoms. The number of benzene rings is 4. The molecule has 0 heterocycles. The van der Waals surface area contributed by atoms with Gasteiger partial charge in [0.15, 0.2) is 0 Å². The minimum Gasteiger partial charge on any atom is -0.496 e. The highest BCUT2D eigenvalue weighted by molar-refractivity contribution is 9.10. The van der Waals surface area contributed by atoms with Crippen molar-refractivity contribution >= 4 is 55.1 Å². The summed E-state index contributed by atoms with van der Waals surface area (Å²) in [7, 11) is -2.80. The van der Waals surface area contributed by atoms with E-state index in [9.17, 15) is 18.0 Å². The van der Waals surface area contributed by atoms with Crippen LogP contribution in [-0.4, -0.2) is 50.4 Å². The monoisotopic (exact) mass is 739 g/mol. The van der Waals surface area contributed by atoms with E-state index in [1.165, 1.54) is 24.1 Å². The number of amides is 2. The van der Waals surface area contributed by atoms with Gasteiger partial charge in [-0.15, -0.1) is 0 Å². The van der Waals surface area contributed by atoms with E-state index in [0.717, 1.165) is 15.4 Å². The van der Waals surface area contributed by atoms with Gasteiger partial charge in [0.05, 0.1) is 22.2 Å². The number of carbonyl (C=O) groups is 2. The van der Waals surface area contributed by atoms with Crippen LogP contribution < -0.4 is 14.4 Å². The van der Waals surface area contributed by atoms with Gasteiger partial charge >= 0.3 is 0 Å². The molecule has 0 aliphatic carbocycles. The Morgan fingerprint density at radius 3 is 2.17 bits per heavy atom. The molecule has 248 valence electrons. The largest absolute Gasteiger partial charge is 0.496 e. The summed E-state index contributed by atoms with van der Waals surface area (Å²) in [6.07, 6.45) is 0.196. The van der Waals surface area contributed by atoms with Crippen molar-refractivity contribution in [2.24, 2.45) is 0 Å². The Labute approximate surface area is 290 Å². The van der Waals surface area contributed by atoms with Crippen LogP contribution in [0.3, 0.4) is 0 Å². The molecule has 0 aliphatic heterocycles. The van der Waals surface area contributed by atoms with Gasteiger partial charge in [0.2, 0.25) is 11.8 Å². The fraction of sp³-hybridized carbons (Fsp3) is 0.278. The molecule has 2 amide bonds. The highest BCUT2D eigenvalue weighted by Crippen LogP contribution is 2.31. The third-order valence-corrected chi connectivity index (χ3v) is 10.1. The third kappa shape index (κ3) is 9.37. The minimum absolute atomic E-state index is 0.0244. The molecule has 0 unspecified atom stereocenters. The fourth-order valence-corrected chi connectivity index (χ4v) is 7.32. The summed E-state index contributed by atoms with van der Waals surface area (Å²) in [4.78, 5) is 30.0. The summed E-state index contributed by atoms with van der Waals surface area (Å²) in [6, 6.07) is 26.8. The Kier molecular flexibility index (Phi) is 11.8. The van der Waals surface area contributed by atoms with Crippen molar-refractivity contribution in [3.05, 3.63) is 123 Å². The number of anilines is 1. The highest BCUT2D eigenvalue weighted by atomic mass is 79.9. The predicted octanol–water partition coefficient (Wildman–Crippen LogP) is 7.17. The van der Waals surface area contributed by atoms with Crippen LogP contribution in [0.25, 0.3) is 0 Å². The average molecular weight is 741 g/mol. The molecule has 0 aliphatic rings. The number of carbonyl (C=O) groups excluding carboxylic acids is 2. The number of hydrogen-bond acceptors (Lipinski definition) is 5. The molecule has 4 aromatic rings. The van der Waals surface area contributed by atoms with E-state index in [2.05, 4.69) is 21.2 Å². The Morgan fingerprint density at radius 1 is 0.936 bits per heavy atom. The number of halogens is 2. The van der Waals surface area contributed by atoms with Crippen molar-refractivity contribution in [1.82, 2.24) is 10.2 Å². The van der Waals surface area contributed by atoms with Gasteiger partial charge in [-0.1, -0.05) is 77.8 Å². The topological polar surface area (TPSA) is 96.0 Å². The standard InChI is InChI=1S/C36H39BrClN3O5S/c1-25-15-17-28(18-16-25)41(47(44,45)29-19-20-33(46-5)30(37)22-29)24-34(42)40(23-27-13-9-10-14-31(27)38)32(35(43)39-36(2,3)4)21-26-11-7-6-8-12-26/h6-20,22,32H,21,23-24H2,1-5H3,(H,39,43)/t32-/m0/s1. The minimum atomic E-state index is -4.28. The molecule has 4 aromatic carbocycles. The van der Waals surface area contributed by atoms with Gasteiger partial charge in [-0.3, -0.25) is 13.9 Å². The maximum absolute atomic E-state index is 14.6. The van der Waals surface area contributed by atoms with E-state index in [4.69, 9.17) is 16.3 Å². The van der Waals surface area contributed by atoms with Gasteiger partial charge in [-0.05, 0) is 91.1 Å². The summed E-state index contributed by atoms with van der Waals surface area (Å²) >= 11 is 9.96. The second-order valence-electron chi connectivity index (χ2n) is 12.2. The van der Waals surface area contributed by atoms with Gasteiger partial charge in [0.1, 0.15) is 18.3 Å². The molecule has 4 rings (SSSR count). The number of sulfonamides is 1. The summed E-state index contributed by atoms with van der Waals surface area (Å²) in [5, 5.41) is 3.45. The predicted molar refractivity (Wildman–Crippen MR) is 190 cm³/mol. The quantitative estimate of drug-likeness (QED) is 0.166. The van der Waals surface area contributed by atoms with E-state index >= 15 is 0 Å². The van der Waals surface area contributed by atoms with Crippen LogP contribution in [0.15, 0.2) is 106 Å². The van der Waals surface area contributed by atoms with Crippen LogP contribution in [0.5, 0.6) is 5.75 Å². The summed E-state index contributed by atoms with van der Waals surface area (Å²) < 4.78 is 35.4. The fourth-order valence-electron chi connectivity index (χ4n) is 4.99. The number of nitrogens with one attached hydrogen (secondary N) is 1. The molecule has 1 N–H and O–H groups in total. The van der Waals surface area contributed by atoms with Gasteiger partial charge in [-0.25, -0.2) is 8.42 Å². The van der Waals surface area contributed by atoms with E-state index in [1.54, 1.807) is 54.6 Å². The van der Waals surface area contributed by atoms with Crippen LogP contribution in [0, 0.1) is 6.92 Å². The zero-order valence-corrected chi connectivity index (χ0v) is 30.2. The molecular formula is C36H39BrClN3O5S. The van der Waals surface area contributed by atoms with Crippen molar-refractivity contribution in [2.45, 2.75) is 57.1 Å². The molecule has 47 heavy (non-hydrogen) atoms. The lowest BCUT2D eigenvalue weighted by atomic mass is 10.0. The Morgan fingerprint density at radius 2 is 1.57 bits per heavy atom. The van der Waals surface area contributed by atoms with Crippen LogP contribution in [-0.2, 0) is 32.6 Å². The van der Waals surface area contributed by atoms with Crippen molar-refractivity contribution in [1.29, 1.82) is 0 Å². The van der Waals surface area contributed by atoms with E-state index in [-0.39, 0.29) is 23.8 Å². The molecule has 0 radical (unpaired) electrons. The van der Waals surface area contributed by atoms with E-state index in [1.807, 2.05) is 58.0 Å². The molecule has 0 fully saturated rings. The summed E-state index contributed by atoms with van der Waals surface area (Å²) in [6.45, 7) is 6.88. The van der Waals surface area contributed by atoms with Crippen molar-refractivity contribution in [3.63, 3.8) is 0 Å². The molecule has 0 bridgehead atoms. The number of methoxy groups -OCH3 is 1. The normalized spacial score (nSPS) is 12.2. The first-order chi connectivity index (χ1) is 22.2. The Balaban J connectivity index is 1.84. The number of hydrogen-bond donors (Lipinski definition) is 1. The first-order valence-corrected chi connectivity index (χ1v) is 17.6. The zero-order valence-electron chi connectivity index (χ0n) is 27.0. The van der Waals surface area contributed by atoms with Crippen molar-refractivity contribution in [2.75, 3.05) is 18.0 Å². The maximum atomic E-state index is 14.6. The molecule has 0 aromatic heterocycles. The third-order valence-electron chi connectivity index (χ3n) is 7.38. The van der Waals surface area contributed by atoms with Crippen LogP contribution in [0.1, 0.15) is 37.5 Å². The number of ether oxygens (including phenoxy) is 1. The van der Waals surface area contributed by atoms with Gasteiger partial charge in [-0.2, -0.15) is 0 Å². The van der Waals surface area contributed by atoms with Crippen LogP contribution in [0.2, 0.25) is 5.02 Å². The first-order valence-electron chi connectivity index (χ1n) is 15.0. The molecule has 0 spiro atoms. The number of aryl methyl sites for hydroxylation is 1. The summed E-state index contributed by atoms with van der Waals surface area (Å²) in [5.74, 6) is -0.487. The second kappa shape index (κ2) is 15.4. The average Bonchev–Trinajstić information content (AvgIpc) is 3.02. The van der Waals surface area contributed by atoms with E-state index in [0.29, 0.717) is 26.5 Å². The highest BCUT2D eigenvalue weighted by Gasteiger charge is 2.36. The molecule has 0 saturated heterocycles. The van der Waals surface area contributed by atoms with Crippen molar-refractivity contribution in [3.8, 4) is 5.75 Å². The Bertz CT molecular complexity index is 1810. The smallest absolute Gasteiger partial charge is 0.264 e. The van der Waals surface area contributed by atoms with Crippen molar-refractivity contribution < 1.29 is 22.7 Å². The number of rotatable bonds is 12. The summed E-state index contributed by atoms with van der Waals surface area (Å²) in [5.41, 5.74) is 2.08. The number of nitrogens with zero attached hydrogens (tertiary/aromatic N) is 2. The lowest BCUT2D eigenvalue weighted by Gasteiger charge is -2.35.